The molecule has 26 heavy (non-hydrogen) atoms. The molecule has 1 atom stereocenters. The minimum atomic E-state index is -3.21. The molecule has 1 saturated heterocycles. The van der Waals surface area contributed by atoms with Crippen LogP contribution in [-0.4, -0.2) is 32.7 Å². The SMILES string of the molecule is CC(Nc1ccc(N2CCCS2(=O)=O)cc1)C(=O)Nc1cccc(F)c1. The number of sulfonamides is 1. The summed E-state index contributed by atoms with van der Waals surface area (Å²) < 4.78 is 38.5. The number of carbonyl (C=O) groups is 1. The Morgan fingerprint density at radius 3 is 2.50 bits per heavy atom. The third-order valence-electron chi connectivity index (χ3n) is 4.12. The number of carbonyl (C=O) groups excluding carboxylic acids is 1. The van der Waals surface area contributed by atoms with E-state index in [2.05, 4.69) is 10.6 Å². The Kier molecular flexibility index (Phi) is 5.13. The van der Waals surface area contributed by atoms with Crippen molar-refractivity contribution in [3.63, 3.8) is 0 Å². The van der Waals surface area contributed by atoms with Crippen LogP contribution in [-0.2, 0) is 14.8 Å². The number of hydrogen-bond donors (Lipinski definition) is 2. The summed E-state index contributed by atoms with van der Waals surface area (Å²) in [5.41, 5.74) is 1.69. The maximum Gasteiger partial charge on any atom is 0.246 e. The van der Waals surface area contributed by atoms with Crippen molar-refractivity contribution < 1.29 is 17.6 Å². The lowest BCUT2D eigenvalue weighted by atomic mass is 10.2. The van der Waals surface area contributed by atoms with Crippen LogP contribution in [0.3, 0.4) is 0 Å². The van der Waals surface area contributed by atoms with E-state index >= 15 is 0 Å². The van der Waals surface area contributed by atoms with Gasteiger partial charge in [0.1, 0.15) is 11.9 Å². The number of hydrogen-bond acceptors (Lipinski definition) is 4. The van der Waals surface area contributed by atoms with E-state index in [0.717, 1.165) is 0 Å². The van der Waals surface area contributed by atoms with Gasteiger partial charge in [0.25, 0.3) is 0 Å². The van der Waals surface area contributed by atoms with Crippen molar-refractivity contribution in [1.82, 2.24) is 0 Å². The van der Waals surface area contributed by atoms with Gasteiger partial charge in [0.2, 0.25) is 15.9 Å². The number of rotatable bonds is 5. The highest BCUT2D eigenvalue weighted by Gasteiger charge is 2.28. The van der Waals surface area contributed by atoms with Crippen LogP contribution in [0.5, 0.6) is 0 Å². The molecule has 6 nitrogen and oxygen atoms in total. The Labute approximate surface area is 152 Å². The van der Waals surface area contributed by atoms with Crippen molar-refractivity contribution in [2.24, 2.45) is 0 Å². The van der Waals surface area contributed by atoms with E-state index in [1.165, 1.54) is 22.5 Å². The Morgan fingerprint density at radius 2 is 1.88 bits per heavy atom. The van der Waals surface area contributed by atoms with Crippen LogP contribution in [0.15, 0.2) is 48.5 Å². The minimum Gasteiger partial charge on any atom is -0.374 e. The Balaban J connectivity index is 1.62. The van der Waals surface area contributed by atoms with Crippen molar-refractivity contribution in [2.75, 3.05) is 27.2 Å². The van der Waals surface area contributed by atoms with Crippen LogP contribution in [0.2, 0.25) is 0 Å². The van der Waals surface area contributed by atoms with Gasteiger partial charge < -0.3 is 10.6 Å². The van der Waals surface area contributed by atoms with Gasteiger partial charge in [-0.2, -0.15) is 0 Å². The fourth-order valence-corrected chi connectivity index (χ4v) is 4.35. The molecule has 1 amide bonds. The lowest BCUT2D eigenvalue weighted by Gasteiger charge is -2.19. The molecule has 1 aliphatic heterocycles. The smallest absolute Gasteiger partial charge is 0.246 e. The maximum absolute atomic E-state index is 13.2. The second kappa shape index (κ2) is 7.33. The number of nitrogens with zero attached hydrogens (tertiary/aromatic N) is 1. The first-order chi connectivity index (χ1) is 12.3. The molecule has 1 fully saturated rings. The molecule has 1 heterocycles. The first kappa shape index (κ1) is 18.2. The molecule has 0 aliphatic carbocycles. The summed E-state index contributed by atoms with van der Waals surface area (Å²) in [5, 5.41) is 5.68. The topological polar surface area (TPSA) is 78.5 Å². The van der Waals surface area contributed by atoms with Crippen molar-refractivity contribution in [3.05, 3.63) is 54.3 Å². The molecule has 0 spiro atoms. The molecule has 1 aliphatic rings. The van der Waals surface area contributed by atoms with Gasteiger partial charge in [-0.1, -0.05) is 6.07 Å². The predicted octanol–water partition coefficient (Wildman–Crippen LogP) is 2.80. The Hall–Kier alpha value is -2.61. The fraction of sp³-hybridized carbons (Fsp3) is 0.278. The second-order valence-corrected chi connectivity index (χ2v) is 8.17. The average Bonchev–Trinajstić information content (AvgIpc) is 2.95. The first-order valence-corrected chi connectivity index (χ1v) is 9.89. The van der Waals surface area contributed by atoms with Crippen LogP contribution in [0.25, 0.3) is 0 Å². The number of nitrogens with one attached hydrogen (secondary N) is 2. The van der Waals surface area contributed by atoms with Gasteiger partial charge >= 0.3 is 0 Å². The van der Waals surface area contributed by atoms with Gasteiger partial charge in [-0.05, 0) is 55.8 Å². The molecule has 0 radical (unpaired) electrons. The quantitative estimate of drug-likeness (QED) is 0.840. The molecule has 8 heteroatoms. The second-order valence-electron chi connectivity index (χ2n) is 6.15. The van der Waals surface area contributed by atoms with Crippen molar-refractivity contribution in [1.29, 1.82) is 0 Å². The standard InChI is InChI=1S/C18H20FN3O3S/c1-13(18(23)21-16-5-2-4-14(19)12-16)20-15-6-8-17(9-7-15)22-10-3-11-26(22,24)25/h2,4-9,12-13,20H,3,10-11H2,1H3,(H,21,23). The molecule has 0 aromatic heterocycles. The molecule has 0 bridgehead atoms. The third kappa shape index (κ3) is 4.13. The van der Waals surface area contributed by atoms with E-state index in [9.17, 15) is 17.6 Å². The lowest BCUT2D eigenvalue weighted by molar-refractivity contribution is -0.116. The Bertz CT molecular complexity index is 900. The van der Waals surface area contributed by atoms with Gasteiger partial charge in [-0.3, -0.25) is 9.10 Å². The monoisotopic (exact) mass is 377 g/mol. The molecule has 2 aromatic carbocycles. The van der Waals surface area contributed by atoms with Crippen molar-refractivity contribution in [3.8, 4) is 0 Å². The van der Waals surface area contributed by atoms with Crippen LogP contribution in [0.4, 0.5) is 21.5 Å². The Morgan fingerprint density at radius 1 is 1.15 bits per heavy atom. The minimum absolute atomic E-state index is 0.171. The summed E-state index contributed by atoms with van der Waals surface area (Å²) >= 11 is 0. The molecule has 1 unspecified atom stereocenters. The summed E-state index contributed by atoms with van der Waals surface area (Å²) in [5.74, 6) is -0.553. The van der Waals surface area contributed by atoms with Crippen LogP contribution >= 0.6 is 0 Å². The number of halogens is 1. The zero-order valence-electron chi connectivity index (χ0n) is 14.3. The normalized spacial score (nSPS) is 16.9. The zero-order chi connectivity index (χ0) is 18.7. The summed E-state index contributed by atoms with van der Waals surface area (Å²) in [4.78, 5) is 12.2. The van der Waals surface area contributed by atoms with Crippen molar-refractivity contribution >= 4 is 33.0 Å². The number of anilines is 3. The highest BCUT2D eigenvalue weighted by molar-refractivity contribution is 7.93. The summed E-state index contributed by atoms with van der Waals surface area (Å²) in [6.45, 7) is 2.18. The van der Waals surface area contributed by atoms with Gasteiger partial charge in [0, 0.05) is 17.9 Å². The molecule has 2 N–H and O–H groups in total. The van der Waals surface area contributed by atoms with E-state index in [1.807, 2.05) is 0 Å². The van der Waals surface area contributed by atoms with Gasteiger partial charge in [-0.25, -0.2) is 12.8 Å². The van der Waals surface area contributed by atoms with Crippen LogP contribution in [0, 0.1) is 5.82 Å². The summed E-state index contributed by atoms with van der Waals surface area (Å²) in [6.07, 6.45) is 0.625. The van der Waals surface area contributed by atoms with Gasteiger partial charge in [0.05, 0.1) is 11.4 Å². The maximum atomic E-state index is 13.2. The van der Waals surface area contributed by atoms with Gasteiger partial charge in [0.15, 0.2) is 0 Å². The lowest BCUT2D eigenvalue weighted by Crippen LogP contribution is -2.32. The highest BCUT2D eigenvalue weighted by Crippen LogP contribution is 2.25. The average molecular weight is 377 g/mol. The number of benzene rings is 2. The van der Waals surface area contributed by atoms with Crippen LogP contribution in [0.1, 0.15) is 13.3 Å². The fourth-order valence-electron chi connectivity index (χ4n) is 2.79. The molecule has 0 saturated carbocycles. The molecular formula is C18H20FN3O3S. The molecule has 138 valence electrons. The van der Waals surface area contributed by atoms with Crippen LogP contribution < -0.4 is 14.9 Å². The summed E-state index contributed by atoms with van der Waals surface area (Å²) in [7, 11) is -3.21. The highest BCUT2D eigenvalue weighted by atomic mass is 32.2. The third-order valence-corrected chi connectivity index (χ3v) is 5.99. The first-order valence-electron chi connectivity index (χ1n) is 8.28. The summed E-state index contributed by atoms with van der Waals surface area (Å²) in [6, 6.07) is 12.0. The van der Waals surface area contributed by atoms with E-state index in [1.54, 1.807) is 37.3 Å². The van der Waals surface area contributed by atoms with Gasteiger partial charge in [-0.15, -0.1) is 0 Å². The number of amides is 1. The zero-order valence-corrected chi connectivity index (χ0v) is 15.1. The predicted molar refractivity (Wildman–Crippen MR) is 100 cm³/mol. The molecule has 3 rings (SSSR count). The van der Waals surface area contributed by atoms with E-state index < -0.39 is 21.9 Å². The van der Waals surface area contributed by atoms with E-state index in [4.69, 9.17) is 0 Å². The van der Waals surface area contributed by atoms with E-state index in [0.29, 0.717) is 30.0 Å². The largest absolute Gasteiger partial charge is 0.374 e. The molecular weight excluding hydrogens is 357 g/mol. The van der Waals surface area contributed by atoms with Crippen molar-refractivity contribution in [2.45, 2.75) is 19.4 Å². The molecule has 2 aromatic rings. The van der Waals surface area contributed by atoms with E-state index in [-0.39, 0.29) is 11.7 Å².